The molecule has 4 nitrogen and oxygen atoms in total. The zero-order chi connectivity index (χ0) is 6.85. The predicted octanol–water partition coefficient (Wildman–Crippen LogP) is 0.312. The number of nitrogens with two attached hydrogens (primary N) is 1. The highest BCUT2D eigenvalue weighted by Gasteiger charge is 2.00. The fourth-order valence-corrected chi connectivity index (χ4v) is 0.626. The van der Waals surface area contributed by atoms with E-state index in [-0.39, 0.29) is 0 Å². The minimum atomic E-state index is 0.715. The Morgan fingerprint density at radius 3 is 2.44 bits per heavy atom. The zero-order valence-electron chi connectivity index (χ0n) is 5.52. The molecule has 0 fully saturated rings. The minimum Gasteiger partial charge on any atom is -0.307 e. The number of aromatic nitrogens is 2. The van der Waals surface area contributed by atoms with Gasteiger partial charge in [0.1, 0.15) is 0 Å². The van der Waals surface area contributed by atoms with E-state index in [0.29, 0.717) is 5.82 Å². The monoisotopic (exact) mass is 126 g/mol. The molecule has 0 saturated heterocycles. The van der Waals surface area contributed by atoms with Gasteiger partial charge in [0.15, 0.2) is 5.82 Å². The Balaban J connectivity index is 3.04. The van der Waals surface area contributed by atoms with Crippen LogP contribution in [0.1, 0.15) is 11.3 Å². The van der Waals surface area contributed by atoms with E-state index >= 15 is 0 Å². The number of hydrazine groups is 1. The van der Waals surface area contributed by atoms with E-state index in [9.17, 15) is 0 Å². The minimum absolute atomic E-state index is 0.715. The van der Waals surface area contributed by atoms with Crippen LogP contribution in [-0.4, -0.2) is 10.2 Å². The Morgan fingerprint density at radius 1 is 1.56 bits per heavy atom. The van der Waals surface area contributed by atoms with Gasteiger partial charge in [-0.3, -0.25) is 5.10 Å². The summed E-state index contributed by atoms with van der Waals surface area (Å²) in [6.45, 7) is 3.90. The van der Waals surface area contributed by atoms with Crippen LogP contribution in [0.5, 0.6) is 0 Å². The summed E-state index contributed by atoms with van der Waals surface area (Å²) in [6.07, 6.45) is 0. The third-order valence-electron chi connectivity index (χ3n) is 1.39. The molecule has 0 aliphatic heterocycles. The van der Waals surface area contributed by atoms with Crippen LogP contribution in [0.3, 0.4) is 0 Å². The first-order valence-corrected chi connectivity index (χ1v) is 2.74. The number of H-pyrrole nitrogens is 1. The molecule has 0 aliphatic carbocycles. The molecule has 1 aromatic heterocycles. The first-order valence-electron chi connectivity index (χ1n) is 2.74. The van der Waals surface area contributed by atoms with E-state index in [1.807, 2.05) is 13.8 Å². The lowest BCUT2D eigenvalue weighted by molar-refractivity contribution is 1.04. The first kappa shape index (κ1) is 6.10. The SMILES string of the molecule is Cc1[nH]nc(NN)c1C. The molecule has 4 heteroatoms. The molecule has 1 heterocycles. The maximum absolute atomic E-state index is 5.13. The molecule has 0 aliphatic rings. The third kappa shape index (κ3) is 0.882. The van der Waals surface area contributed by atoms with Crippen LogP contribution in [0.15, 0.2) is 0 Å². The van der Waals surface area contributed by atoms with E-state index < -0.39 is 0 Å². The second kappa shape index (κ2) is 2.06. The van der Waals surface area contributed by atoms with Crippen LogP contribution in [0.2, 0.25) is 0 Å². The maximum atomic E-state index is 5.13. The molecule has 9 heavy (non-hydrogen) atoms. The van der Waals surface area contributed by atoms with Crippen molar-refractivity contribution in [2.75, 3.05) is 5.43 Å². The highest BCUT2D eigenvalue weighted by molar-refractivity contribution is 5.43. The molecular formula is C5H10N4. The van der Waals surface area contributed by atoms with Crippen LogP contribution in [-0.2, 0) is 0 Å². The van der Waals surface area contributed by atoms with Crippen molar-refractivity contribution >= 4 is 5.82 Å². The Hall–Kier alpha value is -1.03. The number of hydrogen-bond acceptors (Lipinski definition) is 3. The second-order valence-corrected chi connectivity index (χ2v) is 1.97. The Morgan fingerprint density at radius 2 is 2.22 bits per heavy atom. The summed E-state index contributed by atoms with van der Waals surface area (Å²) >= 11 is 0. The van der Waals surface area contributed by atoms with Crippen LogP contribution in [0, 0.1) is 13.8 Å². The van der Waals surface area contributed by atoms with Gasteiger partial charge in [0.05, 0.1) is 0 Å². The van der Waals surface area contributed by atoms with Crippen LogP contribution in [0.4, 0.5) is 5.82 Å². The maximum Gasteiger partial charge on any atom is 0.164 e. The second-order valence-electron chi connectivity index (χ2n) is 1.97. The number of nitrogens with one attached hydrogen (secondary N) is 2. The number of nitrogens with zero attached hydrogens (tertiary/aromatic N) is 1. The van der Waals surface area contributed by atoms with Gasteiger partial charge in [-0.15, -0.1) is 0 Å². The van der Waals surface area contributed by atoms with E-state index in [0.717, 1.165) is 11.3 Å². The van der Waals surface area contributed by atoms with Gasteiger partial charge in [-0.1, -0.05) is 0 Å². The predicted molar refractivity (Wildman–Crippen MR) is 35.9 cm³/mol. The normalized spacial score (nSPS) is 9.67. The molecule has 1 aromatic rings. The van der Waals surface area contributed by atoms with E-state index in [2.05, 4.69) is 15.6 Å². The Labute approximate surface area is 53.4 Å². The number of hydrogen-bond donors (Lipinski definition) is 3. The van der Waals surface area contributed by atoms with Crippen molar-refractivity contribution in [2.45, 2.75) is 13.8 Å². The van der Waals surface area contributed by atoms with Gasteiger partial charge in [0, 0.05) is 11.3 Å². The molecule has 0 atom stereocenters. The molecule has 0 amide bonds. The zero-order valence-corrected chi connectivity index (χ0v) is 5.52. The molecule has 50 valence electrons. The molecule has 0 unspecified atom stereocenters. The molecular weight excluding hydrogens is 116 g/mol. The molecule has 0 saturated carbocycles. The topological polar surface area (TPSA) is 66.7 Å². The summed E-state index contributed by atoms with van der Waals surface area (Å²) in [5.41, 5.74) is 4.59. The van der Waals surface area contributed by atoms with Crippen molar-refractivity contribution in [1.82, 2.24) is 10.2 Å². The van der Waals surface area contributed by atoms with Gasteiger partial charge in [-0.25, -0.2) is 5.84 Å². The fourth-order valence-electron chi connectivity index (χ4n) is 0.626. The summed E-state index contributed by atoms with van der Waals surface area (Å²) in [5.74, 6) is 5.85. The van der Waals surface area contributed by atoms with Crippen molar-refractivity contribution in [2.24, 2.45) is 5.84 Å². The average molecular weight is 126 g/mol. The molecule has 0 spiro atoms. The van der Waals surface area contributed by atoms with Gasteiger partial charge in [0.2, 0.25) is 0 Å². The number of aromatic amines is 1. The quantitative estimate of drug-likeness (QED) is 0.375. The number of rotatable bonds is 1. The van der Waals surface area contributed by atoms with Gasteiger partial charge in [0.25, 0.3) is 0 Å². The highest BCUT2D eigenvalue weighted by Crippen LogP contribution is 2.11. The molecule has 0 aromatic carbocycles. The highest BCUT2D eigenvalue weighted by atomic mass is 15.3. The van der Waals surface area contributed by atoms with Crippen molar-refractivity contribution in [3.63, 3.8) is 0 Å². The number of nitrogen functional groups attached to an aromatic ring is 1. The number of anilines is 1. The lowest BCUT2D eigenvalue weighted by Crippen LogP contribution is -2.07. The van der Waals surface area contributed by atoms with Crippen molar-refractivity contribution in [3.8, 4) is 0 Å². The molecule has 1 rings (SSSR count). The fraction of sp³-hybridized carbons (Fsp3) is 0.400. The van der Waals surface area contributed by atoms with E-state index in [1.165, 1.54) is 0 Å². The number of aryl methyl sites for hydroxylation is 1. The largest absolute Gasteiger partial charge is 0.307 e. The van der Waals surface area contributed by atoms with Gasteiger partial charge < -0.3 is 5.43 Å². The standard InChI is InChI=1S/C5H10N4/c1-3-4(2)8-9-5(3)7-6/h6H2,1-2H3,(H2,7,8,9). The van der Waals surface area contributed by atoms with E-state index in [1.54, 1.807) is 0 Å². The van der Waals surface area contributed by atoms with Crippen LogP contribution in [0.25, 0.3) is 0 Å². The smallest absolute Gasteiger partial charge is 0.164 e. The molecule has 0 radical (unpaired) electrons. The van der Waals surface area contributed by atoms with Gasteiger partial charge >= 0.3 is 0 Å². The summed E-state index contributed by atoms with van der Waals surface area (Å²) in [7, 11) is 0. The molecule has 0 bridgehead atoms. The lowest BCUT2D eigenvalue weighted by Gasteiger charge is -1.92. The lowest BCUT2D eigenvalue weighted by atomic mass is 10.3. The van der Waals surface area contributed by atoms with Crippen LogP contribution < -0.4 is 11.3 Å². The summed E-state index contributed by atoms with van der Waals surface area (Å²) in [6, 6.07) is 0. The summed E-state index contributed by atoms with van der Waals surface area (Å²) in [5, 5.41) is 6.67. The third-order valence-corrected chi connectivity index (χ3v) is 1.39. The Bertz CT molecular complexity index is 203. The summed E-state index contributed by atoms with van der Waals surface area (Å²) < 4.78 is 0. The van der Waals surface area contributed by atoms with Gasteiger partial charge in [-0.2, -0.15) is 5.10 Å². The van der Waals surface area contributed by atoms with Crippen molar-refractivity contribution in [3.05, 3.63) is 11.3 Å². The van der Waals surface area contributed by atoms with Gasteiger partial charge in [-0.05, 0) is 13.8 Å². The first-order chi connectivity index (χ1) is 4.25. The Kier molecular flexibility index (Phi) is 1.40. The van der Waals surface area contributed by atoms with E-state index in [4.69, 9.17) is 5.84 Å². The average Bonchev–Trinajstić information content (AvgIpc) is 2.15. The summed E-state index contributed by atoms with van der Waals surface area (Å²) in [4.78, 5) is 0. The van der Waals surface area contributed by atoms with Crippen LogP contribution >= 0.6 is 0 Å². The molecule has 4 N–H and O–H groups in total. The van der Waals surface area contributed by atoms with Crippen molar-refractivity contribution < 1.29 is 0 Å². The van der Waals surface area contributed by atoms with Crippen molar-refractivity contribution in [1.29, 1.82) is 0 Å².